The van der Waals surface area contributed by atoms with Crippen LogP contribution in [0.2, 0.25) is 0 Å². The second-order valence-electron chi connectivity index (χ2n) is 1.00. The summed E-state index contributed by atoms with van der Waals surface area (Å²) >= 11 is 0. The summed E-state index contributed by atoms with van der Waals surface area (Å²) < 4.78 is 30.2. The second-order valence-corrected chi connectivity index (χ2v) is 2.02. The Morgan fingerprint density at radius 3 is 1.89 bits per heavy atom. The number of hydrogen-bond acceptors (Lipinski definition) is 4. The average molecular weight is 164 g/mol. The van der Waals surface area contributed by atoms with Gasteiger partial charge in [0, 0.05) is 6.92 Å². The van der Waals surface area contributed by atoms with Crippen molar-refractivity contribution in [3.8, 4) is 0 Å². The van der Waals surface area contributed by atoms with Crippen LogP contribution >= 0.6 is 0 Å². The van der Waals surface area contributed by atoms with Gasteiger partial charge in [-0.1, -0.05) is 0 Å². The molecule has 0 spiro atoms. The Morgan fingerprint density at radius 2 is 1.89 bits per heavy atom. The van der Waals surface area contributed by atoms with Crippen LogP contribution in [0, 0.1) is 0 Å². The minimum absolute atomic E-state index is 0. The van der Waals surface area contributed by atoms with Gasteiger partial charge in [0.2, 0.25) is 0 Å². The molecule has 9 heavy (non-hydrogen) atoms. The van der Waals surface area contributed by atoms with E-state index in [1.165, 1.54) is 0 Å². The van der Waals surface area contributed by atoms with Crippen LogP contribution in [0.25, 0.3) is 0 Å². The maximum atomic E-state index is 9.70. The summed E-state index contributed by atoms with van der Waals surface area (Å²) in [4.78, 5) is 9.70. The van der Waals surface area contributed by atoms with Crippen LogP contribution in [-0.2, 0) is 19.4 Å². The summed E-state index contributed by atoms with van der Waals surface area (Å²) in [5, 5.41) is 0. The van der Waals surface area contributed by atoms with Crippen molar-refractivity contribution in [2.24, 2.45) is 0 Å². The number of carbonyl (C=O) groups excluding carboxylic acids is 1. The first kappa shape index (κ1) is 12.1. The third-order valence-electron chi connectivity index (χ3n) is 0.223. The molecule has 7 heteroatoms. The molecule has 0 aliphatic heterocycles. The molecular weight excluding hydrogens is 159 g/mol. The van der Waals surface area contributed by atoms with Crippen molar-refractivity contribution in [1.29, 1.82) is 0 Å². The molecule has 0 saturated heterocycles. The number of carbonyl (C=O) groups is 1. The van der Waals surface area contributed by atoms with Crippen molar-refractivity contribution in [2.75, 3.05) is 0 Å². The van der Waals surface area contributed by atoms with Crippen molar-refractivity contribution in [2.45, 2.75) is 6.92 Å². The van der Waals surface area contributed by atoms with E-state index < -0.39 is 16.4 Å². The molecule has 0 aromatic carbocycles. The molecule has 0 fully saturated rings. The fourth-order valence-corrected chi connectivity index (χ4v) is 0.445. The Hall–Kier alpha value is 0.380. The zero-order valence-corrected chi connectivity index (χ0v) is 4.80. The van der Waals surface area contributed by atoms with Gasteiger partial charge in [-0.25, -0.2) is 0 Å². The van der Waals surface area contributed by atoms with Crippen LogP contribution in [0.3, 0.4) is 0 Å². The number of hydrogen-bond donors (Lipinski definition) is 1. The normalized spacial score (nSPS) is 9.56. The molecular formula is C2H5NaO5S. The van der Waals surface area contributed by atoms with Crippen LogP contribution in [0.4, 0.5) is 0 Å². The Balaban J connectivity index is 0. The van der Waals surface area contributed by atoms with E-state index in [1.54, 1.807) is 0 Å². The molecule has 0 saturated carbocycles. The van der Waals surface area contributed by atoms with Crippen LogP contribution in [0.5, 0.6) is 0 Å². The molecule has 0 amide bonds. The fourth-order valence-electron chi connectivity index (χ4n) is 0.148. The van der Waals surface area contributed by atoms with Gasteiger partial charge in [0.05, 0.1) is 0 Å². The molecule has 0 bridgehead atoms. The third kappa shape index (κ3) is 11.8. The summed E-state index contributed by atoms with van der Waals surface area (Å²) in [6.07, 6.45) is 0. The van der Waals surface area contributed by atoms with Gasteiger partial charge >= 0.3 is 45.9 Å². The van der Waals surface area contributed by atoms with Crippen molar-refractivity contribution in [3.05, 3.63) is 0 Å². The first-order valence-electron chi connectivity index (χ1n) is 1.59. The monoisotopic (exact) mass is 164 g/mol. The van der Waals surface area contributed by atoms with Crippen molar-refractivity contribution in [1.82, 2.24) is 0 Å². The minimum atomic E-state index is -4.57. The van der Waals surface area contributed by atoms with E-state index in [1.807, 2.05) is 0 Å². The zero-order chi connectivity index (χ0) is 6.78. The molecule has 1 N–H and O–H groups in total. The van der Waals surface area contributed by atoms with Gasteiger partial charge in [-0.05, 0) is 0 Å². The van der Waals surface area contributed by atoms with E-state index in [9.17, 15) is 13.2 Å². The van der Waals surface area contributed by atoms with Gasteiger partial charge in [-0.3, -0.25) is 9.35 Å². The van der Waals surface area contributed by atoms with Crippen LogP contribution < -0.4 is 0 Å². The molecule has 50 valence electrons. The second kappa shape index (κ2) is 4.24. The van der Waals surface area contributed by atoms with Gasteiger partial charge in [0.1, 0.15) is 0 Å². The van der Waals surface area contributed by atoms with Gasteiger partial charge < -0.3 is 4.18 Å². The first-order chi connectivity index (χ1) is 3.42. The summed E-state index contributed by atoms with van der Waals surface area (Å²) in [6, 6.07) is 0. The Kier molecular flexibility index (Phi) is 5.69. The Bertz CT molecular complexity index is 181. The molecule has 0 radical (unpaired) electrons. The topological polar surface area (TPSA) is 80.7 Å². The molecule has 0 aliphatic carbocycles. The van der Waals surface area contributed by atoms with Crippen LogP contribution in [-0.4, -0.2) is 48.5 Å². The maximum absolute atomic E-state index is 9.70. The van der Waals surface area contributed by atoms with E-state index in [4.69, 9.17) is 4.55 Å². The van der Waals surface area contributed by atoms with E-state index in [0.29, 0.717) is 0 Å². The van der Waals surface area contributed by atoms with Crippen molar-refractivity contribution < 1.29 is 21.9 Å². The van der Waals surface area contributed by atoms with Crippen LogP contribution in [0.1, 0.15) is 6.92 Å². The van der Waals surface area contributed by atoms with Crippen LogP contribution in [0.15, 0.2) is 0 Å². The van der Waals surface area contributed by atoms with Gasteiger partial charge in [0.15, 0.2) is 0 Å². The molecule has 0 aliphatic rings. The molecule has 0 heterocycles. The van der Waals surface area contributed by atoms with E-state index in [0.717, 1.165) is 6.92 Å². The van der Waals surface area contributed by atoms with Gasteiger partial charge in [0.25, 0.3) is 0 Å². The fraction of sp³-hybridized carbons (Fsp3) is 0.500. The summed E-state index contributed by atoms with van der Waals surface area (Å²) in [5.41, 5.74) is 0. The zero-order valence-electron chi connectivity index (χ0n) is 3.99. The molecule has 0 unspecified atom stereocenters. The standard InChI is InChI=1S/C2H4O5S.Na.H/c1-2(3)7-8(4,5)6;;/h1H3,(H,4,5,6);;. The molecule has 0 aromatic heterocycles. The van der Waals surface area contributed by atoms with E-state index in [2.05, 4.69) is 4.18 Å². The quantitative estimate of drug-likeness (QED) is 0.385. The Morgan fingerprint density at radius 1 is 1.56 bits per heavy atom. The number of rotatable bonds is 1. The SMILES string of the molecule is CC(=O)OS(=O)(=O)O.[NaH]. The summed E-state index contributed by atoms with van der Waals surface area (Å²) in [6.45, 7) is 0.869. The molecule has 5 nitrogen and oxygen atoms in total. The predicted molar refractivity (Wildman–Crippen MR) is 30.5 cm³/mol. The third-order valence-corrected chi connectivity index (χ3v) is 0.668. The van der Waals surface area contributed by atoms with E-state index in [-0.39, 0.29) is 29.6 Å². The van der Waals surface area contributed by atoms with Gasteiger partial charge in [-0.2, -0.15) is 8.42 Å². The summed E-state index contributed by atoms with van der Waals surface area (Å²) in [7, 11) is -4.57. The molecule has 0 atom stereocenters. The average Bonchev–Trinajstić information content (AvgIpc) is 1.21. The van der Waals surface area contributed by atoms with Gasteiger partial charge in [-0.15, -0.1) is 0 Å². The van der Waals surface area contributed by atoms with Crippen molar-refractivity contribution >= 4 is 45.9 Å². The molecule has 0 aromatic rings. The van der Waals surface area contributed by atoms with E-state index >= 15 is 0 Å². The van der Waals surface area contributed by atoms with Crippen molar-refractivity contribution in [3.63, 3.8) is 0 Å². The summed E-state index contributed by atoms with van der Waals surface area (Å²) in [5.74, 6) is -1.06. The molecule has 0 rings (SSSR count). The predicted octanol–water partition coefficient (Wildman–Crippen LogP) is -1.30. The Labute approximate surface area is 74.6 Å². The first-order valence-corrected chi connectivity index (χ1v) is 2.96.